The third-order valence-electron chi connectivity index (χ3n) is 5.28. The lowest BCUT2D eigenvalue weighted by atomic mass is 9.92. The molecule has 2 atom stereocenters. The Balaban J connectivity index is 1.56. The van der Waals surface area contributed by atoms with Gasteiger partial charge in [-0.05, 0) is 41.7 Å². The number of carbonyl (C=O) groups is 1. The Hall–Kier alpha value is -3.61. The fraction of sp³-hybridized carbons (Fsp3) is 0.292. The predicted molar refractivity (Wildman–Crippen MR) is 116 cm³/mol. The molecule has 2 aromatic heterocycles. The van der Waals surface area contributed by atoms with Gasteiger partial charge in [0, 0.05) is 17.4 Å². The van der Waals surface area contributed by atoms with Crippen LogP contribution in [0.3, 0.4) is 0 Å². The van der Waals surface area contributed by atoms with Gasteiger partial charge >= 0.3 is 5.97 Å². The Morgan fingerprint density at radius 2 is 1.90 bits per heavy atom. The molecule has 2 aromatic carbocycles. The van der Waals surface area contributed by atoms with Gasteiger partial charge in [0.25, 0.3) is 0 Å². The zero-order valence-electron chi connectivity index (χ0n) is 17.5. The number of H-pyrrole nitrogens is 1. The maximum atomic E-state index is 11.3. The highest BCUT2D eigenvalue weighted by atomic mass is 16.5. The third-order valence-corrected chi connectivity index (χ3v) is 5.28. The molecular weight excluding hydrogens is 394 g/mol. The van der Waals surface area contributed by atoms with Gasteiger partial charge in [-0.2, -0.15) is 5.10 Å². The number of rotatable bonds is 9. The lowest BCUT2D eigenvalue weighted by Gasteiger charge is -2.22. The minimum Gasteiger partial charge on any atom is -0.486 e. The number of hydrogen-bond donors (Lipinski definition) is 2. The molecule has 4 aromatic rings. The van der Waals surface area contributed by atoms with Crippen molar-refractivity contribution in [2.24, 2.45) is 5.92 Å². The highest BCUT2D eigenvalue weighted by Gasteiger charge is 2.21. The van der Waals surface area contributed by atoms with Crippen LogP contribution in [0.1, 0.15) is 55.5 Å². The van der Waals surface area contributed by atoms with Crippen molar-refractivity contribution in [1.29, 1.82) is 0 Å². The van der Waals surface area contributed by atoms with E-state index in [0.717, 1.165) is 34.2 Å². The van der Waals surface area contributed by atoms with E-state index in [4.69, 9.17) is 9.26 Å². The fourth-order valence-corrected chi connectivity index (χ4v) is 3.75. The van der Waals surface area contributed by atoms with Crippen molar-refractivity contribution in [3.05, 3.63) is 77.8 Å². The summed E-state index contributed by atoms with van der Waals surface area (Å²) >= 11 is 0. The number of aromatic nitrogens is 3. The minimum atomic E-state index is -0.889. The molecule has 2 N–H and O–H groups in total. The highest BCUT2D eigenvalue weighted by molar-refractivity contribution is 5.78. The summed E-state index contributed by atoms with van der Waals surface area (Å²) in [6, 6.07) is 15.4. The quantitative estimate of drug-likeness (QED) is 0.380. The normalized spacial score (nSPS) is 13.4. The number of aliphatic carboxylic acids is 1. The predicted octanol–water partition coefficient (Wildman–Crippen LogP) is 5.32. The maximum absolute atomic E-state index is 11.3. The van der Waals surface area contributed by atoms with Gasteiger partial charge in [-0.1, -0.05) is 43.3 Å². The molecule has 160 valence electrons. The summed E-state index contributed by atoms with van der Waals surface area (Å²) in [5.41, 5.74) is 3.51. The van der Waals surface area contributed by atoms with Crippen LogP contribution in [0.25, 0.3) is 10.9 Å². The van der Waals surface area contributed by atoms with Crippen molar-refractivity contribution in [1.82, 2.24) is 15.4 Å². The van der Waals surface area contributed by atoms with E-state index >= 15 is 0 Å². The van der Waals surface area contributed by atoms with Crippen molar-refractivity contribution in [3.63, 3.8) is 0 Å². The molecule has 31 heavy (non-hydrogen) atoms. The molecule has 7 nitrogen and oxygen atoms in total. The number of fused-ring (bicyclic) bond motifs is 1. The number of nitrogens with one attached hydrogen (secondary N) is 1. The third kappa shape index (κ3) is 4.94. The monoisotopic (exact) mass is 419 g/mol. The van der Waals surface area contributed by atoms with Crippen molar-refractivity contribution < 1.29 is 19.2 Å². The van der Waals surface area contributed by atoms with Crippen LogP contribution >= 0.6 is 0 Å². The molecule has 0 amide bonds. The smallest absolute Gasteiger partial charge is 0.304 e. The molecule has 0 saturated heterocycles. The number of carboxylic acids is 1. The molecule has 0 aliphatic rings. The van der Waals surface area contributed by atoms with Crippen LogP contribution in [0.4, 0.5) is 0 Å². The standard InChI is InChI=1S/C24H25N3O4/c1-15(2)11-23(17-3-4-18-14-25-26-22(18)12-17)31-19-7-5-16(6-8-19)20(13-24(28)29)21-9-10-30-27-21/h3-10,12,14-15,20,23H,11,13H2,1-2H3,(H,25,26)(H,28,29). The highest BCUT2D eigenvalue weighted by Crippen LogP contribution is 2.32. The first-order valence-corrected chi connectivity index (χ1v) is 10.3. The molecule has 7 heteroatoms. The second-order valence-electron chi connectivity index (χ2n) is 8.10. The van der Waals surface area contributed by atoms with E-state index in [2.05, 4.69) is 41.3 Å². The van der Waals surface area contributed by atoms with Crippen molar-refractivity contribution in [2.45, 2.75) is 38.7 Å². The minimum absolute atomic E-state index is 0.0626. The van der Waals surface area contributed by atoms with Crippen molar-refractivity contribution in [2.75, 3.05) is 0 Å². The Labute approximate surface area is 180 Å². The summed E-state index contributed by atoms with van der Waals surface area (Å²) in [5, 5.41) is 21.4. The zero-order valence-corrected chi connectivity index (χ0v) is 17.5. The number of aromatic amines is 1. The zero-order chi connectivity index (χ0) is 21.8. The van der Waals surface area contributed by atoms with Gasteiger partial charge in [-0.3, -0.25) is 9.89 Å². The number of benzene rings is 2. The lowest BCUT2D eigenvalue weighted by molar-refractivity contribution is -0.137. The second-order valence-corrected chi connectivity index (χ2v) is 8.10. The lowest BCUT2D eigenvalue weighted by Crippen LogP contribution is -2.11. The largest absolute Gasteiger partial charge is 0.486 e. The topological polar surface area (TPSA) is 101 Å². The summed E-state index contributed by atoms with van der Waals surface area (Å²) in [6.07, 6.45) is 3.95. The van der Waals surface area contributed by atoms with E-state index in [1.807, 2.05) is 30.3 Å². The average Bonchev–Trinajstić information content (AvgIpc) is 3.43. The van der Waals surface area contributed by atoms with Gasteiger partial charge < -0.3 is 14.4 Å². The fourth-order valence-electron chi connectivity index (χ4n) is 3.75. The van der Waals surface area contributed by atoms with Crippen molar-refractivity contribution in [3.8, 4) is 5.75 Å². The van der Waals surface area contributed by atoms with E-state index in [0.29, 0.717) is 11.6 Å². The molecule has 4 rings (SSSR count). The van der Waals surface area contributed by atoms with E-state index < -0.39 is 5.97 Å². The summed E-state index contributed by atoms with van der Waals surface area (Å²) in [7, 11) is 0. The molecule has 0 saturated carbocycles. The van der Waals surface area contributed by atoms with E-state index in [1.54, 1.807) is 12.3 Å². The molecule has 0 aliphatic carbocycles. The first kappa shape index (κ1) is 20.7. The number of hydrogen-bond acceptors (Lipinski definition) is 5. The maximum Gasteiger partial charge on any atom is 0.304 e. The summed E-state index contributed by atoms with van der Waals surface area (Å²) in [6.45, 7) is 4.34. The summed E-state index contributed by atoms with van der Waals surface area (Å²) in [5.74, 6) is -0.0822. The van der Waals surface area contributed by atoms with Crippen LogP contribution in [0.15, 0.2) is 65.5 Å². The molecule has 0 radical (unpaired) electrons. The first-order valence-electron chi connectivity index (χ1n) is 10.3. The summed E-state index contributed by atoms with van der Waals surface area (Å²) < 4.78 is 11.3. The molecular formula is C24H25N3O4. The van der Waals surface area contributed by atoms with Gasteiger partial charge in [-0.25, -0.2) is 0 Å². The Kier molecular flexibility index (Phi) is 6.02. The van der Waals surface area contributed by atoms with Crippen LogP contribution in [0.5, 0.6) is 5.75 Å². The average molecular weight is 419 g/mol. The molecule has 0 bridgehead atoms. The van der Waals surface area contributed by atoms with Gasteiger partial charge in [0.1, 0.15) is 18.1 Å². The Morgan fingerprint density at radius 1 is 1.13 bits per heavy atom. The van der Waals surface area contributed by atoms with Crippen LogP contribution in [0.2, 0.25) is 0 Å². The SMILES string of the molecule is CC(C)CC(Oc1ccc(C(CC(=O)O)c2ccon2)cc1)c1ccc2cn[nH]c2c1. The van der Waals surface area contributed by atoms with E-state index in [-0.39, 0.29) is 18.4 Å². The Morgan fingerprint density at radius 3 is 2.58 bits per heavy atom. The molecule has 0 fully saturated rings. The van der Waals surface area contributed by atoms with Gasteiger partial charge in [0.2, 0.25) is 0 Å². The molecule has 0 aliphatic heterocycles. The van der Waals surface area contributed by atoms with Crippen LogP contribution in [0, 0.1) is 5.92 Å². The van der Waals surface area contributed by atoms with Gasteiger partial charge in [0.15, 0.2) is 0 Å². The first-order chi connectivity index (χ1) is 15.0. The summed E-state index contributed by atoms with van der Waals surface area (Å²) in [4.78, 5) is 11.3. The van der Waals surface area contributed by atoms with Gasteiger partial charge in [0.05, 0.1) is 23.8 Å². The molecule has 2 unspecified atom stereocenters. The number of nitrogens with zero attached hydrogens (tertiary/aromatic N) is 2. The van der Waals surface area contributed by atoms with Crippen LogP contribution in [-0.4, -0.2) is 26.4 Å². The van der Waals surface area contributed by atoms with Crippen LogP contribution in [-0.2, 0) is 4.79 Å². The van der Waals surface area contributed by atoms with Gasteiger partial charge in [-0.15, -0.1) is 0 Å². The molecule has 2 heterocycles. The second kappa shape index (κ2) is 9.04. The number of ether oxygens (including phenoxy) is 1. The molecule has 0 spiro atoms. The van der Waals surface area contributed by atoms with E-state index in [9.17, 15) is 9.90 Å². The van der Waals surface area contributed by atoms with Crippen molar-refractivity contribution >= 4 is 16.9 Å². The van der Waals surface area contributed by atoms with E-state index in [1.165, 1.54) is 6.26 Å². The Bertz CT molecular complexity index is 1130. The number of carboxylic acid groups (broad SMARTS) is 1. The van der Waals surface area contributed by atoms with Crippen LogP contribution < -0.4 is 4.74 Å².